The smallest absolute Gasteiger partial charge is 0.238 e. The van der Waals surface area contributed by atoms with Crippen molar-refractivity contribution in [3.8, 4) is 0 Å². The van der Waals surface area contributed by atoms with Crippen LogP contribution in [0.1, 0.15) is 19.8 Å². The summed E-state index contributed by atoms with van der Waals surface area (Å²) in [7, 11) is -2.16. The topological polar surface area (TPSA) is 49.4 Å². The van der Waals surface area contributed by atoms with Gasteiger partial charge in [0.2, 0.25) is 10.0 Å². The highest BCUT2D eigenvalue weighted by atomic mass is 32.2. The van der Waals surface area contributed by atoms with Crippen LogP contribution in [0.15, 0.2) is 24.3 Å². The fraction of sp³-hybridized carbons (Fsp3) is 0.538. The van der Waals surface area contributed by atoms with Crippen LogP contribution in [0.25, 0.3) is 0 Å². The zero-order valence-electron chi connectivity index (χ0n) is 11.1. The second kappa shape index (κ2) is 5.46. The second-order valence-electron chi connectivity index (χ2n) is 4.96. The van der Waals surface area contributed by atoms with Crippen LogP contribution in [0.5, 0.6) is 0 Å². The minimum Gasteiger partial charge on any atom is -0.313 e. The Hall–Kier alpha value is -1.14. The van der Waals surface area contributed by atoms with E-state index in [2.05, 4.69) is 5.32 Å². The van der Waals surface area contributed by atoms with Crippen LogP contribution in [-0.4, -0.2) is 33.3 Å². The molecule has 4 nitrogen and oxygen atoms in total. The summed E-state index contributed by atoms with van der Waals surface area (Å²) in [5.41, 5.74) is 0.0840. The number of halogens is 1. The molecular formula is C13H19FN2O2S. The molecule has 1 aliphatic rings. The number of hydrogen-bond donors (Lipinski definition) is 1. The zero-order valence-corrected chi connectivity index (χ0v) is 12.0. The number of sulfonamides is 1. The summed E-state index contributed by atoms with van der Waals surface area (Å²) < 4.78 is 39.3. The van der Waals surface area contributed by atoms with E-state index >= 15 is 0 Å². The summed E-state index contributed by atoms with van der Waals surface area (Å²) in [6.07, 6.45) is 2.21. The van der Waals surface area contributed by atoms with Crippen molar-refractivity contribution in [2.45, 2.75) is 31.1 Å². The summed E-state index contributed by atoms with van der Waals surface area (Å²) in [5, 5.41) is 2.60. The van der Waals surface area contributed by atoms with Gasteiger partial charge >= 0.3 is 0 Å². The Bertz CT molecular complexity index is 543. The van der Waals surface area contributed by atoms with Crippen molar-refractivity contribution in [3.63, 3.8) is 0 Å². The lowest BCUT2D eigenvalue weighted by Crippen LogP contribution is -2.41. The van der Waals surface area contributed by atoms with Crippen LogP contribution in [0.3, 0.4) is 0 Å². The SMILES string of the molecule is CC(CNC1CC1)S(=O)(=O)N(C)c1ccccc1F. The Morgan fingerprint density at radius 2 is 2.05 bits per heavy atom. The lowest BCUT2D eigenvalue weighted by molar-refractivity contribution is 0.566. The molecule has 0 bridgehead atoms. The van der Waals surface area contributed by atoms with Crippen molar-refractivity contribution in [2.24, 2.45) is 0 Å². The summed E-state index contributed by atoms with van der Waals surface area (Å²) in [6.45, 7) is 2.04. The molecule has 0 heterocycles. The van der Waals surface area contributed by atoms with Crippen molar-refractivity contribution < 1.29 is 12.8 Å². The molecule has 0 amide bonds. The average molecular weight is 286 g/mol. The molecule has 0 aliphatic heterocycles. The molecule has 0 aromatic heterocycles. The van der Waals surface area contributed by atoms with Gasteiger partial charge in [-0.15, -0.1) is 0 Å². The highest BCUT2D eigenvalue weighted by molar-refractivity contribution is 7.93. The van der Waals surface area contributed by atoms with Crippen molar-refractivity contribution in [2.75, 3.05) is 17.9 Å². The summed E-state index contributed by atoms with van der Waals surface area (Å²) in [4.78, 5) is 0. The first-order valence-corrected chi connectivity index (χ1v) is 7.89. The van der Waals surface area contributed by atoms with Crippen LogP contribution < -0.4 is 9.62 Å². The molecule has 1 unspecified atom stereocenters. The monoisotopic (exact) mass is 286 g/mol. The van der Waals surface area contributed by atoms with Crippen molar-refractivity contribution in [3.05, 3.63) is 30.1 Å². The maximum atomic E-state index is 13.6. The maximum Gasteiger partial charge on any atom is 0.238 e. The van der Waals surface area contributed by atoms with Crippen LogP contribution >= 0.6 is 0 Å². The van der Waals surface area contributed by atoms with Gasteiger partial charge in [0.1, 0.15) is 5.82 Å². The molecule has 1 N–H and O–H groups in total. The van der Waals surface area contributed by atoms with E-state index in [1.807, 2.05) is 0 Å². The number of para-hydroxylation sites is 1. The second-order valence-corrected chi connectivity index (χ2v) is 7.34. The number of benzene rings is 1. The molecule has 1 saturated carbocycles. The first kappa shape index (κ1) is 14.3. The van der Waals surface area contributed by atoms with Crippen molar-refractivity contribution in [1.82, 2.24) is 5.32 Å². The van der Waals surface area contributed by atoms with Gasteiger partial charge in [-0.3, -0.25) is 4.31 Å². The standard InChI is InChI=1S/C13H19FN2O2S/c1-10(9-15-11-7-8-11)19(17,18)16(2)13-6-4-3-5-12(13)14/h3-6,10-11,15H,7-9H2,1-2H3. The fourth-order valence-electron chi connectivity index (χ4n) is 1.84. The number of rotatable bonds is 6. The molecule has 106 valence electrons. The predicted molar refractivity (Wildman–Crippen MR) is 74.2 cm³/mol. The van der Waals surface area contributed by atoms with Crippen molar-refractivity contribution >= 4 is 15.7 Å². The molecule has 1 aromatic rings. The molecule has 0 radical (unpaired) electrons. The first-order chi connectivity index (χ1) is 8.93. The Balaban J connectivity index is 2.11. The van der Waals surface area contributed by atoms with Gasteiger partial charge in [0, 0.05) is 19.6 Å². The number of nitrogens with zero attached hydrogens (tertiary/aromatic N) is 1. The highest BCUT2D eigenvalue weighted by Crippen LogP contribution is 2.23. The molecule has 6 heteroatoms. The van der Waals surface area contributed by atoms with Crippen LogP contribution in [-0.2, 0) is 10.0 Å². The van der Waals surface area contributed by atoms with E-state index in [0.29, 0.717) is 12.6 Å². The van der Waals surface area contributed by atoms with Crippen LogP contribution in [0.4, 0.5) is 10.1 Å². The van der Waals surface area contributed by atoms with Gasteiger partial charge in [0.05, 0.1) is 10.9 Å². The fourth-order valence-corrected chi connectivity index (χ4v) is 3.11. The predicted octanol–water partition coefficient (Wildman–Crippen LogP) is 1.73. The van der Waals surface area contributed by atoms with Crippen molar-refractivity contribution in [1.29, 1.82) is 0 Å². The molecule has 19 heavy (non-hydrogen) atoms. The average Bonchev–Trinajstić information content (AvgIpc) is 3.19. The van der Waals surface area contributed by atoms with Gasteiger partial charge in [0.25, 0.3) is 0 Å². The summed E-state index contributed by atoms with van der Waals surface area (Å²) >= 11 is 0. The molecule has 0 spiro atoms. The number of hydrogen-bond acceptors (Lipinski definition) is 3. The van der Waals surface area contributed by atoms with Gasteiger partial charge in [-0.1, -0.05) is 12.1 Å². The molecular weight excluding hydrogens is 267 g/mol. The van der Waals surface area contributed by atoms with E-state index in [1.54, 1.807) is 13.0 Å². The third-order valence-electron chi connectivity index (χ3n) is 3.35. The Morgan fingerprint density at radius 1 is 1.42 bits per heavy atom. The Labute approximate surface area is 113 Å². The number of anilines is 1. The quantitative estimate of drug-likeness (QED) is 0.866. The van der Waals surface area contributed by atoms with Gasteiger partial charge in [-0.05, 0) is 31.9 Å². The Kier molecular flexibility index (Phi) is 4.10. The highest BCUT2D eigenvalue weighted by Gasteiger charge is 2.29. The van der Waals surface area contributed by atoms with Gasteiger partial charge in [0.15, 0.2) is 0 Å². The molecule has 1 atom stereocenters. The maximum absolute atomic E-state index is 13.6. The van der Waals surface area contributed by atoms with E-state index in [0.717, 1.165) is 17.1 Å². The largest absolute Gasteiger partial charge is 0.313 e. The lowest BCUT2D eigenvalue weighted by Gasteiger charge is -2.24. The van der Waals surface area contributed by atoms with Crippen LogP contribution in [0, 0.1) is 5.82 Å². The minimum atomic E-state index is -3.55. The van der Waals surface area contributed by atoms with E-state index < -0.39 is 21.1 Å². The van der Waals surface area contributed by atoms with E-state index in [4.69, 9.17) is 0 Å². The molecule has 1 fully saturated rings. The van der Waals surface area contributed by atoms with E-state index in [1.165, 1.54) is 25.2 Å². The third-order valence-corrected chi connectivity index (χ3v) is 5.50. The normalized spacial score (nSPS) is 17.2. The van der Waals surface area contributed by atoms with Gasteiger partial charge in [-0.25, -0.2) is 12.8 Å². The first-order valence-electron chi connectivity index (χ1n) is 6.38. The number of nitrogens with one attached hydrogen (secondary N) is 1. The summed E-state index contributed by atoms with van der Waals surface area (Å²) in [5.74, 6) is -0.532. The third kappa shape index (κ3) is 3.25. The van der Waals surface area contributed by atoms with Gasteiger partial charge in [-0.2, -0.15) is 0 Å². The minimum absolute atomic E-state index is 0.0840. The van der Waals surface area contributed by atoms with E-state index in [-0.39, 0.29) is 5.69 Å². The molecule has 1 aliphatic carbocycles. The lowest BCUT2D eigenvalue weighted by atomic mass is 10.3. The van der Waals surface area contributed by atoms with Crippen LogP contribution in [0.2, 0.25) is 0 Å². The van der Waals surface area contributed by atoms with Gasteiger partial charge < -0.3 is 5.32 Å². The Morgan fingerprint density at radius 3 is 2.63 bits per heavy atom. The molecule has 2 rings (SSSR count). The molecule has 1 aromatic carbocycles. The molecule has 0 saturated heterocycles. The summed E-state index contributed by atoms with van der Waals surface area (Å²) in [6, 6.07) is 6.34. The van der Waals surface area contributed by atoms with E-state index in [9.17, 15) is 12.8 Å². The zero-order chi connectivity index (χ0) is 14.0.